The maximum atomic E-state index is 5.95. The average molecular weight is 278 g/mol. The first-order valence-corrected chi connectivity index (χ1v) is 8.73. The monoisotopic (exact) mass is 278 g/mol. The molecule has 5 nitrogen and oxygen atoms in total. The molecular formula is C10H16O5P2. The predicted molar refractivity (Wildman–Crippen MR) is 62.6 cm³/mol. The fraction of sp³-hybridized carbons (Fsp3) is 1.00. The topological polar surface area (TPSA) is 46.2 Å². The molecule has 4 fully saturated rings. The number of hydrogen-bond acceptors (Lipinski definition) is 5. The molecule has 96 valence electrons. The summed E-state index contributed by atoms with van der Waals surface area (Å²) in [6, 6.07) is 0. The van der Waals surface area contributed by atoms with Gasteiger partial charge in [0.1, 0.15) is 11.7 Å². The van der Waals surface area contributed by atoms with Crippen molar-refractivity contribution in [3.05, 3.63) is 0 Å². The van der Waals surface area contributed by atoms with Gasteiger partial charge in [-0.15, -0.1) is 0 Å². The van der Waals surface area contributed by atoms with Gasteiger partial charge in [0.15, 0.2) is 8.38 Å². The Kier molecular flexibility index (Phi) is 2.59. The summed E-state index contributed by atoms with van der Waals surface area (Å²) in [5.41, 5.74) is -0.210. The zero-order valence-electron chi connectivity index (χ0n) is 9.76. The van der Waals surface area contributed by atoms with Gasteiger partial charge in [0, 0.05) is 12.1 Å². The van der Waals surface area contributed by atoms with Gasteiger partial charge in [-0.1, -0.05) is 0 Å². The maximum absolute atomic E-state index is 5.95. The summed E-state index contributed by atoms with van der Waals surface area (Å²) in [6.45, 7) is 4.18. The lowest BCUT2D eigenvalue weighted by Gasteiger charge is -2.50. The zero-order valence-corrected chi connectivity index (χ0v) is 11.5. The van der Waals surface area contributed by atoms with E-state index in [4.69, 9.17) is 22.6 Å². The van der Waals surface area contributed by atoms with Gasteiger partial charge in [0.2, 0.25) is 0 Å². The van der Waals surface area contributed by atoms with E-state index in [1.807, 2.05) is 6.66 Å². The lowest BCUT2D eigenvalue weighted by atomic mass is 9.66. The second-order valence-electron chi connectivity index (χ2n) is 5.34. The fourth-order valence-electron chi connectivity index (χ4n) is 3.32. The molecule has 0 aromatic rings. The highest BCUT2D eigenvalue weighted by molar-refractivity contribution is 7.46. The molecule has 0 aromatic heterocycles. The first-order chi connectivity index (χ1) is 8.23. The van der Waals surface area contributed by atoms with Gasteiger partial charge < -0.3 is 22.6 Å². The van der Waals surface area contributed by atoms with E-state index in [1.54, 1.807) is 0 Å². The van der Waals surface area contributed by atoms with Crippen LogP contribution in [-0.2, 0) is 22.6 Å². The first-order valence-electron chi connectivity index (χ1n) is 6.01. The van der Waals surface area contributed by atoms with E-state index in [-0.39, 0.29) is 17.1 Å². The quantitative estimate of drug-likeness (QED) is 0.637. The minimum Gasteiger partial charge on any atom is -0.333 e. The average Bonchev–Trinajstić information content (AvgIpc) is 2.90. The molecule has 0 radical (unpaired) electrons. The van der Waals surface area contributed by atoms with E-state index in [9.17, 15) is 0 Å². The molecule has 4 rings (SSSR count). The van der Waals surface area contributed by atoms with Gasteiger partial charge in [-0.2, -0.15) is 0 Å². The van der Waals surface area contributed by atoms with Gasteiger partial charge in [-0.3, -0.25) is 0 Å². The first kappa shape index (κ1) is 11.5. The van der Waals surface area contributed by atoms with Crippen molar-refractivity contribution >= 4 is 17.0 Å². The third-order valence-electron chi connectivity index (χ3n) is 4.24. The Hall–Kier alpha value is 0.660. The van der Waals surface area contributed by atoms with E-state index in [0.717, 1.165) is 32.5 Å². The molecule has 3 heterocycles. The Morgan fingerprint density at radius 2 is 1.88 bits per heavy atom. The molecule has 3 saturated heterocycles. The van der Waals surface area contributed by atoms with E-state index < -0.39 is 17.0 Å². The van der Waals surface area contributed by atoms with Crippen LogP contribution in [0.4, 0.5) is 0 Å². The van der Waals surface area contributed by atoms with Crippen LogP contribution in [0.3, 0.4) is 0 Å². The van der Waals surface area contributed by atoms with E-state index in [0.29, 0.717) is 6.61 Å². The zero-order chi connectivity index (χ0) is 11.5. The lowest BCUT2D eigenvalue weighted by molar-refractivity contribution is -0.140. The molecule has 3 unspecified atom stereocenters. The van der Waals surface area contributed by atoms with Crippen LogP contribution < -0.4 is 0 Å². The highest BCUT2D eigenvalue weighted by atomic mass is 31.2. The molecule has 4 aliphatic rings. The van der Waals surface area contributed by atoms with Gasteiger partial charge in [-0.05, 0) is 19.3 Å². The van der Waals surface area contributed by atoms with Crippen molar-refractivity contribution in [1.29, 1.82) is 0 Å². The maximum Gasteiger partial charge on any atom is 0.333 e. The van der Waals surface area contributed by atoms with Crippen LogP contribution in [-0.4, -0.2) is 38.2 Å². The number of hydrogen-bond donors (Lipinski definition) is 0. The molecule has 1 aliphatic carbocycles. The molecule has 17 heavy (non-hydrogen) atoms. The fourth-order valence-corrected chi connectivity index (χ4v) is 5.88. The highest BCUT2D eigenvalue weighted by Crippen LogP contribution is 2.68. The predicted octanol–water partition coefficient (Wildman–Crippen LogP) is 2.56. The summed E-state index contributed by atoms with van der Waals surface area (Å²) in [5.74, 6) is 0. The normalized spacial score (nSPS) is 57.4. The minimum atomic E-state index is -1.10. The molecule has 2 spiro atoms. The summed E-state index contributed by atoms with van der Waals surface area (Å²) >= 11 is 0. The summed E-state index contributed by atoms with van der Waals surface area (Å²) in [6.07, 6.45) is 3.39. The molecule has 3 aliphatic heterocycles. The Morgan fingerprint density at radius 1 is 1.06 bits per heavy atom. The van der Waals surface area contributed by atoms with E-state index >= 15 is 0 Å². The molecule has 0 aromatic carbocycles. The van der Waals surface area contributed by atoms with Crippen LogP contribution in [0.5, 0.6) is 0 Å². The van der Waals surface area contributed by atoms with Crippen LogP contribution in [0.15, 0.2) is 0 Å². The lowest BCUT2D eigenvalue weighted by Crippen LogP contribution is -2.60. The second-order valence-corrected chi connectivity index (χ2v) is 7.84. The second kappa shape index (κ2) is 3.83. The highest BCUT2D eigenvalue weighted by Gasteiger charge is 2.66. The molecule has 2 bridgehead atoms. The van der Waals surface area contributed by atoms with Crippen molar-refractivity contribution in [2.45, 2.75) is 31.0 Å². The van der Waals surface area contributed by atoms with Crippen molar-refractivity contribution in [3.63, 3.8) is 0 Å². The van der Waals surface area contributed by atoms with Crippen LogP contribution in [0.25, 0.3) is 0 Å². The minimum absolute atomic E-state index is 0.00600. The summed E-state index contributed by atoms with van der Waals surface area (Å²) < 4.78 is 28.9. The smallest absolute Gasteiger partial charge is 0.333 e. The van der Waals surface area contributed by atoms with Crippen LogP contribution in [0, 0.1) is 5.41 Å². The van der Waals surface area contributed by atoms with Crippen molar-refractivity contribution in [2.75, 3.05) is 26.5 Å². The van der Waals surface area contributed by atoms with Gasteiger partial charge in [0.25, 0.3) is 0 Å². The Balaban J connectivity index is 1.64. The molecule has 0 N–H and O–H groups in total. The van der Waals surface area contributed by atoms with Gasteiger partial charge >= 0.3 is 8.60 Å². The summed E-state index contributed by atoms with van der Waals surface area (Å²) in [4.78, 5) is 0. The number of fused-ring (bicyclic) bond motifs is 2. The van der Waals surface area contributed by atoms with Crippen molar-refractivity contribution in [2.24, 2.45) is 5.41 Å². The van der Waals surface area contributed by atoms with Crippen molar-refractivity contribution in [1.82, 2.24) is 0 Å². The SMILES string of the molecule is CP1OCC2(CCCC34COP(OC23)O4)CO1. The molecule has 7 heteroatoms. The summed E-state index contributed by atoms with van der Waals surface area (Å²) in [7, 11) is -1.79. The van der Waals surface area contributed by atoms with Crippen LogP contribution >= 0.6 is 17.0 Å². The molecular weight excluding hydrogens is 262 g/mol. The number of rotatable bonds is 0. The Bertz CT molecular complexity index is 333. The Labute approximate surface area is 103 Å². The van der Waals surface area contributed by atoms with E-state index in [1.165, 1.54) is 0 Å². The standard InChI is InChI=1S/C10H16O5P2/c1-16-11-5-9(6-12-16)3-2-4-10-7-13-17(15-10)14-8(9)10/h8H,2-7H2,1H3. The van der Waals surface area contributed by atoms with Gasteiger partial charge in [0.05, 0.1) is 19.8 Å². The van der Waals surface area contributed by atoms with Crippen molar-refractivity contribution in [3.8, 4) is 0 Å². The Morgan fingerprint density at radius 3 is 2.65 bits per heavy atom. The largest absolute Gasteiger partial charge is 0.333 e. The molecule has 1 saturated carbocycles. The van der Waals surface area contributed by atoms with E-state index in [2.05, 4.69) is 0 Å². The summed E-state index contributed by atoms with van der Waals surface area (Å²) in [5, 5.41) is 0. The van der Waals surface area contributed by atoms with Crippen LogP contribution in [0.2, 0.25) is 0 Å². The van der Waals surface area contributed by atoms with Crippen LogP contribution in [0.1, 0.15) is 19.3 Å². The van der Waals surface area contributed by atoms with Crippen molar-refractivity contribution < 1.29 is 22.6 Å². The molecule has 0 amide bonds. The van der Waals surface area contributed by atoms with Gasteiger partial charge in [-0.25, -0.2) is 0 Å². The third kappa shape index (κ3) is 1.58. The third-order valence-corrected chi connectivity index (χ3v) is 6.46. The molecule has 3 atom stereocenters.